The van der Waals surface area contributed by atoms with Gasteiger partial charge in [-0.05, 0) is 0 Å². The summed E-state index contributed by atoms with van der Waals surface area (Å²) in [5.41, 5.74) is 0.472. The average molecular weight is 1200 g/mol. The number of aryl methyl sites for hydroxylation is 1. The first kappa shape index (κ1) is 56.0. The zero-order valence-corrected chi connectivity index (χ0v) is 39.3. The summed E-state index contributed by atoms with van der Waals surface area (Å²) in [7, 11) is -19.3. The van der Waals surface area contributed by atoms with Gasteiger partial charge < -0.3 is 0 Å². The van der Waals surface area contributed by atoms with E-state index in [9.17, 15) is 87.1 Å². The monoisotopic (exact) mass is 1200 g/mol. The van der Waals surface area contributed by atoms with E-state index in [4.69, 9.17) is 3.63 Å². The van der Waals surface area contributed by atoms with Gasteiger partial charge in [0.25, 0.3) is 0 Å². The molecule has 0 atom stereocenters. The fourth-order valence-corrected chi connectivity index (χ4v) is 19.2. The average Bonchev–Trinajstić information content (AvgIpc) is 3.26. The molecule has 0 fully saturated rings. The van der Waals surface area contributed by atoms with E-state index < -0.39 is 102 Å². The van der Waals surface area contributed by atoms with Gasteiger partial charge in [0.1, 0.15) is 0 Å². The van der Waals surface area contributed by atoms with Gasteiger partial charge in [-0.2, -0.15) is 47.9 Å². The van der Waals surface area contributed by atoms with E-state index in [1.54, 1.807) is 0 Å². The van der Waals surface area contributed by atoms with Crippen LogP contribution in [0.2, 0.25) is 0 Å². The van der Waals surface area contributed by atoms with Crippen molar-refractivity contribution in [1.82, 2.24) is 0 Å². The number of hydrogen-bond donors (Lipinski definition) is 0. The minimum absolute atomic E-state index is 0.113. The van der Waals surface area contributed by atoms with Gasteiger partial charge in [-0.1, -0.05) is 36.4 Å². The molecule has 0 spiro atoms. The molecule has 0 amide bonds. The van der Waals surface area contributed by atoms with Crippen molar-refractivity contribution in [2.24, 2.45) is 0 Å². The molecule has 0 aliphatic heterocycles. The summed E-state index contributed by atoms with van der Waals surface area (Å²) in [6.45, 7) is 2.74. The molecule has 5 aromatic rings. The fourth-order valence-electron chi connectivity index (χ4n) is 5.63. The van der Waals surface area contributed by atoms with Crippen LogP contribution in [-0.4, -0.2) is 63.4 Å². The molecule has 0 radical (unpaired) electrons. The second-order valence-electron chi connectivity index (χ2n) is 14.0. The van der Waals surface area contributed by atoms with Crippen molar-refractivity contribution in [3.63, 3.8) is 0 Å². The van der Waals surface area contributed by atoms with Crippen molar-refractivity contribution in [1.29, 1.82) is 0 Å². The Balaban J connectivity index is 1.57. The Labute approximate surface area is 393 Å². The Hall–Kier alpha value is -3.91. The second kappa shape index (κ2) is 18.9. The van der Waals surface area contributed by atoms with Gasteiger partial charge in [-0.25, -0.2) is 0 Å². The maximum atomic E-state index is 15.3. The third-order valence-corrected chi connectivity index (χ3v) is 23.5. The Bertz CT molecular complexity index is 2810. The Morgan fingerprint density at radius 1 is 0.435 bits per heavy atom. The molecule has 0 aliphatic rings. The normalized spacial score (nSPS) is 14.7. The molecule has 29 heteroatoms. The molecule has 0 N–H and O–H groups in total. The van der Waals surface area contributed by atoms with Crippen LogP contribution in [0.4, 0.5) is 79.0 Å². The molecule has 0 saturated heterocycles. The summed E-state index contributed by atoms with van der Waals surface area (Å²) in [5.74, 6) is -30.4. The molecule has 5 rings (SSSR count). The van der Waals surface area contributed by atoms with Crippen molar-refractivity contribution in [2.75, 3.05) is 0 Å². The van der Waals surface area contributed by atoms with E-state index in [2.05, 4.69) is 2.51 Å². The van der Waals surface area contributed by atoms with Crippen LogP contribution >= 0.6 is 42.3 Å². The summed E-state index contributed by atoms with van der Waals surface area (Å²) in [5, 5.41) is -14.4. The van der Waals surface area contributed by atoms with E-state index >= 15 is 8.78 Å². The summed E-state index contributed by atoms with van der Waals surface area (Å²) in [6, 6.07) is 23.9. The zero-order chi connectivity index (χ0) is 52.2. The van der Waals surface area contributed by atoms with Crippen LogP contribution in [0.25, 0.3) is 0 Å². The first-order valence-electron chi connectivity index (χ1n) is 18.2. The first-order valence-corrected chi connectivity index (χ1v) is 26.5. The number of alkyl halides is 18. The molecule has 5 aromatic carbocycles. The van der Waals surface area contributed by atoms with Crippen molar-refractivity contribution in [2.45, 2.75) is 84.9 Å². The molecule has 0 unspecified atom stereocenters. The number of hydrogen-bond acceptors (Lipinski definition) is 7. The summed E-state index contributed by atoms with van der Waals surface area (Å²) in [6.07, 6.45) is -14.7. The van der Waals surface area contributed by atoms with Crippen LogP contribution < -0.4 is 0 Å². The van der Waals surface area contributed by atoms with Gasteiger partial charge in [0.05, 0.1) is 0 Å². The van der Waals surface area contributed by atoms with E-state index in [0.717, 1.165) is 90.6 Å². The molecule has 0 aromatic heterocycles. The van der Waals surface area contributed by atoms with Crippen LogP contribution in [-0.2, 0) is 26.4 Å². The van der Waals surface area contributed by atoms with E-state index in [0.29, 0.717) is 5.56 Å². The predicted octanol–water partition coefficient (Wildman–Crippen LogP) is 14.7. The van der Waals surface area contributed by atoms with Crippen molar-refractivity contribution >= 4 is 62.5 Å². The van der Waals surface area contributed by atoms with Crippen molar-refractivity contribution in [3.05, 3.63) is 146 Å². The van der Waals surface area contributed by atoms with Crippen LogP contribution in [0, 0.1) is 21.0 Å². The second-order valence-corrected chi connectivity index (χ2v) is 26.1. The summed E-state index contributed by atoms with van der Waals surface area (Å²) < 4.78 is 312. The summed E-state index contributed by atoms with van der Waals surface area (Å²) in [4.78, 5) is -0.993. The third kappa shape index (κ3) is 9.76. The van der Waals surface area contributed by atoms with Crippen LogP contribution in [0.5, 0.6) is 0 Å². The standard InChI is InChI=1S/C40H27F18IO6S4/c1-24-10-9-15-32(25(24)2)59(64-68(60,61)39(55,56)35(45,46)33(41,42)37(49,50)51)26-16-18-27(19-17-26)66-28-20-22-31(23-21-28)67(29-11-5-3-6-12-29,30-13-7-4-8-14-30)65-69(62,63)40(57,58)36(47,48)34(43,44)38(52,53)54/h3-23H,1-2H3. The molecular formula is C40H27F18IO6S4. The van der Waals surface area contributed by atoms with Gasteiger partial charge in [0, 0.05) is 0 Å². The molecule has 0 bridgehead atoms. The Morgan fingerprint density at radius 2 is 0.812 bits per heavy atom. The number of rotatable bonds is 17. The van der Waals surface area contributed by atoms with Gasteiger partial charge in [-0.15, -0.1) is 0 Å². The molecule has 0 heterocycles. The maximum absolute atomic E-state index is 15.3. The quantitative estimate of drug-likeness (QED) is 0.0677. The Kier molecular flexibility index (Phi) is 15.4. The SMILES string of the molecule is Cc1cccc(I(OS(=O)(=O)C(F)(F)C(F)(F)C(F)(F)C(F)(F)F)c2ccc(Sc3ccc(S(OS(=O)(=O)C(F)(F)C(F)(F)C(F)(F)C(F)(F)F)(c4ccccc4)c4ccccc4)cc3)cc2)c1C. The van der Waals surface area contributed by atoms with Crippen LogP contribution in [0.1, 0.15) is 11.1 Å². The van der Waals surface area contributed by atoms with Gasteiger partial charge in [-0.3, -0.25) is 0 Å². The molecular weight excluding hydrogens is 1170 g/mol. The molecule has 69 heavy (non-hydrogen) atoms. The minimum atomic E-state index is -7.65. The van der Waals surface area contributed by atoms with E-state index in [1.165, 1.54) is 62.4 Å². The van der Waals surface area contributed by atoms with Crippen molar-refractivity contribution < 1.29 is 102 Å². The molecule has 6 nitrogen and oxygen atoms in total. The topological polar surface area (TPSA) is 86.7 Å². The van der Waals surface area contributed by atoms with Gasteiger partial charge in [0.2, 0.25) is 0 Å². The van der Waals surface area contributed by atoms with E-state index in [1.807, 2.05) is 0 Å². The fraction of sp³-hybridized carbons (Fsp3) is 0.250. The van der Waals surface area contributed by atoms with Crippen LogP contribution in [0.15, 0.2) is 152 Å². The van der Waals surface area contributed by atoms with Gasteiger partial charge >= 0.3 is 311 Å². The summed E-state index contributed by atoms with van der Waals surface area (Å²) >= 11 is -3.84. The predicted molar refractivity (Wildman–Crippen MR) is 221 cm³/mol. The third-order valence-electron chi connectivity index (χ3n) is 9.47. The number of halogens is 19. The van der Waals surface area contributed by atoms with Gasteiger partial charge in [0.15, 0.2) is 0 Å². The molecule has 0 aliphatic carbocycles. The first-order chi connectivity index (χ1) is 31.4. The Morgan fingerprint density at radius 3 is 1.22 bits per heavy atom. The van der Waals surface area contributed by atoms with E-state index in [-0.39, 0.29) is 32.3 Å². The molecule has 0 saturated carbocycles. The van der Waals surface area contributed by atoms with Crippen molar-refractivity contribution in [3.8, 4) is 0 Å². The van der Waals surface area contributed by atoms with Crippen LogP contribution in [0.3, 0.4) is 0 Å². The number of benzene rings is 5. The molecule has 380 valence electrons. The zero-order valence-electron chi connectivity index (χ0n) is 33.9.